The first-order valence-corrected chi connectivity index (χ1v) is 6.14. The van der Waals surface area contributed by atoms with Crippen molar-refractivity contribution < 1.29 is 19.1 Å². The number of esters is 2. The van der Waals surface area contributed by atoms with Gasteiger partial charge >= 0.3 is 11.9 Å². The smallest absolute Gasteiger partial charge is 0.343 e. The Labute approximate surface area is 120 Å². The molecule has 0 saturated heterocycles. The highest BCUT2D eigenvalue weighted by Gasteiger charge is 2.11. The molecule has 2 aromatic carbocycles. The quantitative estimate of drug-likeness (QED) is 0.642. The van der Waals surface area contributed by atoms with Crippen LogP contribution in [-0.4, -0.2) is 19.0 Å². The molecule has 4 nitrogen and oxygen atoms in total. The van der Waals surface area contributed by atoms with Crippen molar-refractivity contribution in [3.05, 3.63) is 64.7 Å². The summed E-state index contributed by atoms with van der Waals surface area (Å²) in [7, 11) is 1.29. The highest BCUT2D eigenvalue weighted by molar-refractivity contribution is 6.30. The Morgan fingerprint density at radius 3 is 2.30 bits per heavy atom. The van der Waals surface area contributed by atoms with Gasteiger partial charge in [-0.05, 0) is 42.5 Å². The highest BCUT2D eigenvalue weighted by Crippen LogP contribution is 2.17. The highest BCUT2D eigenvalue weighted by atomic mass is 35.5. The van der Waals surface area contributed by atoms with Crippen LogP contribution in [-0.2, 0) is 4.74 Å². The number of carbonyl (C=O) groups is 2. The van der Waals surface area contributed by atoms with Crippen LogP contribution in [0.4, 0.5) is 0 Å². The molecule has 0 atom stereocenters. The van der Waals surface area contributed by atoms with Crippen molar-refractivity contribution >= 4 is 23.5 Å². The Morgan fingerprint density at radius 2 is 1.65 bits per heavy atom. The van der Waals surface area contributed by atoms with Crippen molar-refractivity contribution in [1.29, 1.82) is 0 Å². The lowest BCUT2D eigenvalue weighted by Gasteiger charge is -2.06. The average molecular weight is 291 g/mol. The number of ether oxygens (including phenoxy) is 2. The molecule has 0 saturated carbocycles. The molecular formula is C15H11ClO4. The summed E-state index contributed by atoms with van der Waals surface area (Å²) in [5.74, 6) is -0.745. The van der Waals surface area contributed by atoms with Crippen LogP contribution in [0.2, 0.25) is 5.02 Å². The van der Waals surface area contributed by atoms with Crippen LogP contribution in [0.1, 0.15) is 20.7 Å². The van der Waals surface area contributed by atoms with Gasteiger partial charge in [-0.15, -0.1) is 0 Å². The molecule has 0 heterocycles. The minimum atomic E-state index is -0.524. The van der Waals surface area contributed by atoms with Gasteiger partial charge in [0.1, 0.15) is 5.75 Å². The summed E-state index contributed by atoms with van der Waals surface area (Å²) < 4.78 is 9.79. The normalized spacial score (nSPS) is 9.90. The second kappa shape index (κ2) is 6.21. The van der Waals surface area contributed by atoms with Gasteiger partial charge in [0, 0.05) is 5.02 Å². The molecule has 0 aliphatic carbocycles. The molecule has 0 aromatic heterocycles. The second-order valence-corrected chi connectivity index (χ2v) is 4.35. The van der Waals surface area contributed by atoms with E-state index in [-0.39, 0.29) is 5.75 Å². The fourth-order valence-electron chi connectivity index (χ4n) is 1.56. The van der Waals surface area contributed by atoms with E-state index in [1.807, 2.05) is 0 Å². The lowest BCUT2D eigenvalue weighted by molar-refractivity contribution is 0.0597. The van der Waals surface area contributed by atoms with Crippen molar-refractivity contribution in [3.8, 4) is 5.75 Å². The number of carbonyl (C=O) groups excluding carboxylic acids is 2. The first-order valence-electron chi connectivity index (χ1n) is 5.76. The molecule has 20 heavy (non-hydrogen) atoms. The molecule has 0 bridgehead atoms. The summed E-state index contributed by atoms with van der Waals surface area (Å²) in [5.41, 5.74) is 0.687. The monoisotopic (exact) mass is 290 g/mol. The second-order valence-electron chi connectivity index (χ2n) is 3.92. The number of methoxy groups -OCH3 is 1. The van der Waals surface area contributed by atoms with Crippen LogP contribution in [0.25, 0.3) is 0 Å². The van der Waals surface area contributed by atoms with E-state index < -0.39 is 11.9 Å². The molecule has 0 amide bonds. The Hall–Kier alpha value is -2.33. The molecule has 0 fully saturated rings. The molecule has 0 unspecified atom stereocenters. The van der Waals surface area contributed by atoms with E-state index in [0.717, 1.165) is 0 Å². The van der Waals surface area contributed by atoms with Gasteiger partial charge < -0.3 is 9.47 Å². The first kappa shape index (κ1) is 14.1. The lowest BCUT2D eigenvalue weighted by Crippen LogP contribution is -2.09. The maximum absolute atomic E-state index is 11.9. The summed E-state index contributed by atoms with van der Waals surface area (Å²) >= 11 is 5.74. The summed E-state index contributed by atoms with van der Waals surface area (Å²) in [6.07, 6.45) is 0. The average Bonchev–Trinajstić information content (AvgIpc) is 2.47. The van der Waals surface area contributed by atoms with Gasteiger partial charge in [0.25, 0.3) is 0 Å². The Bertz CT molecular complexity index is 635. The zero-order valence-electron chi connectivity index (χ0n) is 10.6. The number of hydrogen-bond donors (Lipinski definition) is 0. The van der Waals surface area contributed by atoms with Crippen LogP contribution < -0.4 is 4.74 Å². The van der Waals surface area contributed by atoms with Gasteiger partial charge in [-0.3, -0.25) is 0 Å². The molecule has 2 rings (SSSR count). The van der Waals surface area contributed by atoms with E-state index in [1.165, 1.54) is 13.2 Å². The SMILES string of the molecule is COC(=O)c1cccc(OC(=O)c2ccc(Cl)cc2)c1. The topological polar surface area (TPSA) is 52.6 Å². The van der Waals surface area contributed by atoms with Crippen molar-refractivity contribution in [2.75, 3.05) is 7.11 Å². The summed E-state index contributed by atoms with van der Waals surface area (Å²) in [4.78, 5) is 23.3. The van der Waals surface area contributed by atoms with Gasteiger partial charge in [0.2, 0.25) is 0 Å². The molecule has 2 aromatic rings. The molecule has 5 heteroatoms. The largest absolute Gasteiger partial charge is 0.465 e. The van der Waals surface area contributed by atoms with E-state index in [9.17, 15) is 9.59 Å². The van der Waals surface area contributed by atoms with E-state index in [0.29, 0.717) is 16.1 Å². The van der Waals surface area contributed by atoms with Gasteiger partial charge in [0.05, 0.1) is 18.2 Å². The summed E-state index contributed by atoms with van der Waals surface area (Å²) in [6, 6.07) is 12.5. The van der Waals surface area contributed by atoms with Crippen LogP contribution in [0, 0.1) is 0 Å². The predicted octanol–water partition coefficient (Wildman–Crippen LogP) is 3.35. The molecule has 0 N–H and O–H groups in total. The maximum Gasteiger partial charge on any atom is 0.343 e. The molecule has 0 aliphatic heterocycles. The van der Waals surface area contributed by atoms with Gasteiger partial charge in [-0.25, -0.2) is 9.59 Å². The zero-order valence-corrected chi connectivity index (χ0v) is 11.4. The van der Waals surface area contributed by atoms with Crippen LogP contribution >= 0.6 is 11.6 Å². The predicted molar refractivity (Wildman–Crippen MR) is 74.2 cm³/mol. The van der Waals surface area contributed by atoms with Crippen LogP contribution in [0.15, 0.2) is 48.5 Å². The standard InChI is InChI=1S/C15H11ClO4/c1-19-14(17)11-3-2-4-13(9-11)20-15(18)10-5-7-12(16)8-6-10/h2-9H,1H3. The van der Waals surface area contributed by atoms with E-state index in [1.54, 1.807) is 42.5 Å². The first-order chi connectivity index (χ1) is 9.60. The van der Waals surface area contributed by atoms with Crippen molar-refractivity contribution in [2.24, 2.45) is 0 Å². The zero-order chi connectivity index (χ0) is 14.5. The number of benzene rings is 2. The minimum Gasteiger partial charge on any atom is -0.465 e. The maximum atomic E-state index is 11.9. The van der Waals surface area contributed by atoms with Crippen molar-refractivity contribution in [1.82, 2.24) is 0 Å². The van der Waals surface area contributed by atoms with E-state index >= 15 is 0 Å². The Kier molecular flexibility index (Phi) is 4.38. The van der Waals surface area contributed by atoms with E-state index in [2.05, 4.69) is 4.74 Å². The van der Waals surface area contributed by atoms with Gasteiger partial charge in [-0.1, -0.05) is 17.7 Å². The molecular weight excluding hydrogens is 280 g/mol. The number of rotatable bonds is 3. The molecule has 102 valence electrons. The minimum absolute atomic E-state index is 0.271. The summed E-state index contributed by atoms with van der Waals surface area (Å²) in [6.45, 7) is 0. The van der Waals surface area contributed by atoms with E-state index in [4.69, 9.17) is 16.3 Å². The number of hydrogen-bond acceptors (Lipinski definition) is 4. The third-order valence-electron chi connectivity index (χ3n) is 2.55. The third-order valence-corrected chi connectivity index (χ3v) is 2.80. The molecule has 0 radical (unpaired) electrons. The third kappa shape index (κ3) is 3.36. The van der Waals surface area contributed by atoms with Gasteiger partial charge in [-0.2, -0.15) is 0 Å². The number of halogens is 1. The summed E-state index contributed by atoms with van der Waals surface area (Å²) in [5, 5.41) is 0.536. The van der Waals surface area contributed by atoms with Crippen molar-refractivity contribution in [2.45, 2.75) is 0 Å². The lowest BCUT2D eigenvalue weighted by atomic mass is 10.2. The van der Waals surface area contributed by atoms with Gasteiger partial charge in [0.15, 0.2) is 0 Å². The Balaban J connectivity index is 2.15. The fourth-order valence-corrected chi connectivity index (χ4v) is 1.68. The van der Waals surface area contributed by atoms with Crippen molar-refractivity contribution in [3.63, 3.8) is 0 Å². The van der Waals surface area contributed by atoms with Crippen LogP contribution in [0.5, 0.6) is 5.75 Å². The fraction of sp³-hybridized carbons (Fsp3) is 0.0667. The van der Waals surface area contributed by atoms with Crippen LogP contribution in [0.3, 0.4) is 0 Å². The molecule has 0 spiro atoms. The molecule has 0 aliphatic rings. The Morgan fingerprint density at radius 1 is 0.950 bits per heavy atom.